The molecular formula is C22H22O2. The monoisotopic (exact) mass is 318 g/mol. The smallest absolute Gasteiger partial charge is 0.180 e. The number of carbonyl (C=O) groups is 2. The van der Waals surface area contributed by atoms with Crippen LogP contribution < -0.4 is 0 Å². The Morgan fingerprint density at radius 1 is 0.958 bits per heavy atom. The highest BCUT2D eigenvalue weighted by Gasteiger charge is 2.32. The van der Waals surface area contributed by atoms with E-state index in [0.717, 1.165) is 5.56 Å². The lowest BCUT2D eigenvalue weighted by Crippen LogP contribution is -2.27. The minimum atomic E-state index is -0.845. The molecule has 2 heteroatoms. The second-order valence-electron chi connectivity index (χ2n) is 6.19. The summed E-state index contributed by atoms with van der Waals surface area (Å²) in [5.74, 6) is 6.33. The number of ketones is 2. The Morgan fingerprint density at radius 2 is 1.54 bits per heavy atom. The maximum absolute atomic E-state index is 12.9. The van der Waals surface area contributed by atoms with Crippen LogP contribution in [-0.4, -0.2) is 11.6 Å². The third-order valence-electron chi connectivity index (χ3n) is 4.01. The van der Waals surface area contributed by atoms with Crippen molar-refractivity contribution < 1.29 is 9.59 Å². The summed E-state index contributed by atoms with van der Waals surface area (Å²) in [5, 5.41) is 0. The van der Waals surface area contributed by atoms with Crippen LogP contribution >= 0.6 is 0 Å². The van der Waals surface area contributed by atoms with Crippen LogP contribution in [-0.2, 0) is 11.2 Å². The first kappa shape index (κ1) is 17.7. The van der Waals surface area contributed by atoms with E-state index in [1.807, 2.05) is 55.5 Å². The fraction of sp³-hybridized carbons (Fsp3) is 0.273. The molecule has 0 spiro atoms. The molecule has 122 valence electrons. The Bertz CT molecular complexity index is 751. The van der Waals surface area contributed by atoms with E-state index in [-0.39, 0.29) is 11.6 Å². The lowest BCUT2D eigenvalue weighted by molar-refractivity contribution is -0.117. The van der Waals surface area contributed by atoms with E-state index < -0.39 is 5.41 Å². The van der Waals surface area contributed by atoms with E-state index in [1.165, 1.54) is 0 Å². The van der Waals surface area contributed by atoms with Gasteiger partial charge in [0.25, 0.3) is 0 Å². The van der Waals surface area contributed by atoms with Crippen molar-refractivity contribution in [3.05, 3.63) is 71.8 Å². The van der Waals surface area contributed by atoms with E-state index in [4.69, 9.17) is 0 Å². The van der Waals surface area contributed by atoms with Gasteiger partial charge >= 0.3 is 0 Å². The highest BCUT2D eigenvalue weighted by molar-refractivity contribution is 6.02. The molecule has 24 heavy (non-hydrogen) atoms. The van der Waals surface area contributed by atoms with Crippen LogP contribution in [0, 0.1) is 17.3 Å². The molecule has 0 saturated heterocycles. The number of hydrogen-bond donors (Lipinski definition) is 0. The highest BCUT2D eigenvalue weighted by Crippen LogP contribution is 2.28. The van der Waals surface area contributed by atoms with Gasteiger partial charge in [0.1, 0.15) is 5.78 Å². The predicted molar refractivity (Wildman–Crippen MR) is 96.7 cm³/mol. The summed E-state index contributed by atoms with van der Waals surface area (Å²) >= 11 is 0. The molecule has 0 amide bonds. The first-order valence-corrected chi connectivity index (χ1v) is 8.14. The first-order valence-electron chi connectivity index (χ1n) is 8.14. The van der Waals surface area contributed by atoms with E-state index in [2.05, 4.69) is 11.8 Å². The van der Waals surface area contributed by atoms with Gasteiger partial charge in [0.2, 0.25) is 0 Å². The molecule has 0 saturated carbocycles. The quantitative estimate of drug-likeness (QED) is 0.581. The molecule has 0 aliphatic carbocycles. The molecule has 2 aromatic rings. The number of rotatable bonds is 6. The fourth-order valence-electron chi connectivity index (χ4n) is 2.50. The minimum Gasteiger partial charge on any atom is -0.300 e. The van der Waals surface area contributed by atoms with Crippen molar-refractivity contribution in [2.45, 2.75) is 33.1 Å². The van der Waals surface area contributed by atoms with Crippen molar-refractivity contribution in [2.24, 2.45) is 5.41 Å². The van der Waals surface area contributed by atoms with Gasteiger partial charge in [0.15, 0.2) is 5.78 Å². The van der Waals surface area contributed by atoms with Gasteiger partial charge in [-0.25, -0.2) is 0 Å². The van der Waals surface area contributed by atoms with Crippen molar-refractivity contribution in [2.75, 3.05) is 0 Å². The topological polar surface area (TPSA) is 34.1 Å². The Hall–Kier alpha value is -2.66. The summed E-state index contributed by atoms with van der Waals surface area (Å²) in [6, 6.07) is 19.1. The summed E-state index contributed by atoms with van der Waals surface area (Å²) in [6.45, 7) is 3.38. The average molecular weight is 318 g/mol. The van der Waals surface area contributed by atoms with Crippen LogP contribution in [0.25, 0.3) is 0 Å². The predicted octanol–water partition coefficient (Wildman–Crippen LogP) is 4.49. The molecule has 0 bridgehead atoms. The Balaban J connectivity index is 2.23. The van der Waals surface area contributed by atoms with Crippen LogP contribution in [0.2, 0.25) is 0 Å². The number of hydrogen-bond acceptors (Lipinski definition) is 2. The van der Waals surface area contributed by atoms with Gasteiger partial charge in [-0.05, 0) is 25.8 Å². The molecule has 0 fully saturated rings. The Labute approximate surface area is 143 Å². The fourth-order valence-corrected chi connectivity index (χ4v) is 2.50. The van der Waals surface area contributed by atoms with E-state index in [9.17, 15) is 9.59 Å². The first-order chi connectivity index (χ1) is 11.5. The summed E-state index contributed by atoms with van der Waals surface area (Å²) in [6.07, 6.45) is 1.39. The van der Waals surface area contributed by atoms with Crippen LogP contribution in [0.1, 0.15) is 42.6 Å². The van der Waals surface area contributed by atoms with Crippen molar-refractivity contribution in [1.82, 2.24) is 0 Å². The highest BCUT2D eigenvalue weighted by atomic mass is 16.1. The van der Waals surface area contributed by atoms with Gasteiger partial charge in [0.05, 0.1) is 5.41 Å². The zero-order valence-corrected chi connectivity index (χ0v) is 14.2. The van der Waals surface area contributed by atoms with Crippen LogP contribution in [0.5, 0.6) is 0 Å². The molecule has 1 unspecified atom stereocenters. The molecule has 2 rings (SSSR count). The minimum absolute atomic E-state index is 0.0232. The molecule has 2 nitrogen and oxygen atoms in total. The summed E-state index contributed by atoms with van der Waals surface area (Å²) in [7, 11) is 0. The molecule has 0 radical (unpaired) electrons. The largest absolute Gasteiger partial charge is 0.300 e. The Morgan fingerprint density at radius 3 is 2.12 bits per heavy atom. The maximum Gasteiger partial charge on any atom is 0.180 e. The lowest BCUT2D eigenvalue weighted by Gasteiger charge is -2.22. The molecule has 2 aromatic carbocycles. The molecule has 0 aliphatic heterocycles. The second-order valence-corrected chi connectivity index (χ2v) is 6.19. The molecule has 0 heterocycles. The van der Waals surface area contributed by atoms with Gasteiger partial charge in [-0.1, -0.05) is 72.5 Å². The van der Waals surface area contributed by atoms with Gasteiger partial charge in [-0.3, -0.25) is 4.79 Å². The van der Waals surface area contributed by atoms with Crippen LogP contribution in [0.3, 0.4) is 0 Å². The number of benzene rings is 2. The zero-order chi connectivity index (χ0) is 17.4. The molecule has 0 N–H and O–H groups in total. The summed E-state index contributed by atoms with van der Waals surface area (Å²) < 4.78 is 0. The average Bonchev–Trinajstić information content (AvgIpc) is 2.61. The van der Waals surface area contributed by atoms with Crippen molar-refractivity contribution in [1.29, 1.82) is 0 Å². The van der Waals surface area contributed by atoms with Gasteiger partial charge in [-0.15, -0.1) is 0 Å². The summed E-state index contributed by atoms with van der Waals surface area (Å²) in [5.41, 5.74) is 0.908. The van der Waals surface area contributed by atoms with E-state index in [0.29, 0.717) is 24.8 Å². The third kappa shape index (κ3) is 4.93. The van der Waals surface area contributed by atoms with Crippen LogP contribution in [0.4, 0.5) is 0 Å². The Kier molecular flexibility index (Phi) is 6.09. The third-order valence-corrected chi connectivity index (χ3v) is 4.01. The number of carbonyl (C=O) groups excluding carboxylic acids is 2. The van der Waals surface area contributed by atoms with Crippen molar-refractivity contribution in [3.8, 4) is 11.8 Å². The van der Waals surface area contributed by atoms with Crippen LogP contribution in [0.15, 0.2) is 60.7 Å². The normalized spacial score (nSPS) is 12.6. The number of Topliss-reactive ketones (excluding diaryl/α,β-unsaturated/α-hetero) is 2. The zero-order valence-electron chi connectivity index (χ0n) is 14.2. The molecule has 0 aliphatic rings. The van der Waals surface area contributed by atoms with Crippen molar-refractivity contribution in [3.63, 3.8) is 0 Å². The molecular weight excluding hydrogens is 296 g/mol. The standard InChI is InChI=1S/C22H22O2/c1-18(23)15-17-22(2,21(24)20-13-7-4-8-14-20)16-9-12-19-10-5-3-6-11-19/h3-8,10-11,13-14H,12,15,17H2,1-2H3. The SMILES string of the molecule is CC(=O)CCC(C)(C#CCc1ccccc1)C(=O)c1ccccc1. The van der Waals surface area contributed by atoms with Gasteiger partial charge in [-0.2, -0.15) is 0 Å². The van der Waals surface area contributed by atoms with E-state index in [1.54, 1.807) is 19.1 Å². The lowest BCUT2D eigenvalue weighted by atomic mass is 9.78. The molecule has 1 atom stereocenters. The summed E-state index contributed by atoms with van der Waals surface area (Å²) in [4.78, 5) is 24.3. The molecule has 0 aromatic heterocycles. The van der Waals surface area contributed by atoms with Crippen molar-refractivity contribution >= 4 is 11.6 Å². The van der Waals surface area contributed by atoms with E-state index >= 15 is 0 Å². The second kappa shape index (κ2) is 8.26. The maximum atomic E-state index is 12.9. The van der Waals surface area contributed by atoms with Gasteiger partial charge < -0.3 is 4.79 Å². The van der Waals surface area contributed by atoms with Gasteiger partial charge in [0, 0.05) is 18.4 Å².